The molecule has 0 aromatic heterocycles. The van der Waals surface area contributed by atoms with Crippen molar-refractivity contribution in [3.05, 3.63) is 58.2 Å². The first-order valence-corrected chi connectivity index (χ1v) is 9.53. The van der Waals surface area contributed by atoms with Crippen LogP contribution in [0.1, 0.15) is 30.9 Å². The summed E-state index contributed by atoms with van der Waals surface area (Å²) >= 11 is 11.6. The molecule has 0 atom stereocenters. The molecule has 1 saturated heterocycles. The molecule has 0 unspecified atom stereocenters. The third kappa shape index (κ3) is 3.84. The highest BCUT2D eigenvalue weighted by molar-refractivity contribution is 7.80. The zero-order valence-corrected chi connectivity index (χ0v) is 17.6. The molecule has 1 amide bonds. The zero-order chi connectivity index (χ0) is 20.4. The molecule has 2 aromatic rings. The van der Waals surface area contributed by atoms with Crippen molar-refractivity contribution in [3.8, 4) is 11.5 Å². The van der Waals surface area contributed by atoms with E-state index < -0.39 is 0 Å². The molecular weight excluding hydrogens is 396 g/mol. The molecular formula is C21H21ClN2O3S. The maximum absolute atomic E-state index is 12.9. The van der Waals surface area contributed by atoms with E-state index in [-0.39, 0.29) is 5.91 Å². The topological polar surface area (TPSA) is 50.8 Å². The van der Waals surface area contributed by atoms with Crippen molar-refractivity contribution in [3.63, 3.8) is 0 Å². The van der Waals surface area contributed by atoms with Crippen molar-refractivity contribution in [2.45, 2.75) is 19.8 Å². The maximum Gasteiger partial charge on any atom is 0.281 e. The van der Waals surface area contributed by atoms with Crippen LogP contribution in [0.4, 0.5) is 5.69 Å². The molecule has 1 aliphatic heterocycles. The highest BCUT2D eigenvalue weighted by atomic mass is 35.5. The van der Waals surface area contributed by atoms with Gasteiger partial charge in [-0.15, -0.1) is 0 Å². The average Bonchev–Trinajstić information content (AvgIpc) is 2.94. The van der Waals surface area contributed by atoms with Crippen LogP contribution in [0.5, 0.6) is 11.5 Å². The van der Waals surface area contributed by atoms with Gasteiger partial charge in [0.15, 0.2) is 16.6 Å². The van der Waals surface area contributed by atoms with E-state index in [1.807, 2.05) is 24.3 Å². The van der Waals surface area contributed by atoms with Crippen molar-refractivity contribution < 1.29 is 14.3 Å². The predicted molar refractivity (Wildman–Crippen MR) is 116 cm³/mol. The van der Waals surface area contributed by atoms with E-state index in [1.165, 1.54) is 24.7 Å². The first-order chi connectivity index (χ1) is 13.3. The van der Waals surface area contributed by atoms with Gasteiger partial charge in [-0.3, -0.25) is 9.69 Å². The number of nitrogens with zero attached hydrogens (tertiary/aromatic N) is 1. The zero-order valence-electron chi connectivity index (χ0n) is 16.1. The number of rotatable bonds is 5. The number of hydrogen-bond acceptors (Lipinski definition) is 4. The fraction of sp³-hybridized carbons (Fsp3) is 0.238. The predicted octanol–water partition coefficient (Wildman–Crippen LogP) is 4.74. The van der Waals surface area contributed by atoms with E-state index in [1.54, 1.807) is 18.2 Å². The summed E-state index contributed by atoms with van der Waals surface area (Å²) < 4.78 is 10.6. The molecule has 0 bridgehead atoms. The minimum Gasteiger partial charge on any atom is -0.493 e. The summed E-state index contributed by atoms with van der Waals surface area (Å²) in [6.07, 6.45) is 1.69. The van der Waals surface area contributed by atoms with Gasteiger partial charge in [-0.05, 0) is 59.6 Å². The molecule has 0 spiro atoms. The molecule has 2 aromatic carbocycles. The quantitative estimate of drug-likeness (QED) is 0.563. The molecule has 0 aliphatic carbocycles. The third-order valence-electron chi connectivity index (χ3n) is 4.46. The van der Waals surface area contributed by atoms with Gasteiger partial charge in [0, 0.05) is 0 Å². The van der Waals surface area contributed by atoms with Crippen LogP contribution < -0.4 is 19.7 Å². The fourth-order valence-corrected chi connectivity index (χ4v) is 3.56. The molecule has 146 valence electrons. The summed E-state index contributed by atoms with van der Waals surface area (Å²) in [5.74, 6) is 1.11. The number of hydrogen-bond donors (Lipinski definition) is 1. The smallest absolute Gasteiger partial charge is 0.281 e. The monoisotopic (exact) mass is 416 g/mol. The number of thiocarbonyl (C=S) groups is 1. The van der Waals surface area contributed by atoms with E-state index in [2.05, 4.69) is 19.2 Å². The van der Waals surface area contributed by atoms with Crippen molar-refractivity contribution in [2.75, 3.05) is 19.1 Å². The van der Waals surface area contributed by atoms with Gasteiger partial charge in [-0.1, -0.05) is 37.6 Å². The number of halogens is 1. The lowest BCUT2D eigenvalue weighted by Gasteiger charge is -2.15. The Hall–Kier alpha value is -2.57. The van der Waals surface area contributed by atoms with Gasteiger partial charge in [0.1, 0.15) is 5.70 Å². The Bertz CT molecular complexity index is 955. The van der Waals surface area contributed by atoms with Gasteiger partial charge in [0.25, 0.3) is 5.91 Å². The van der Waals surface area contributed by atoms with Crippen LogP contribution in [0.15, 0.2) is 42.1 Å². The number of benzene rings is 2. The lowest BCUT2D eigenvalue weighted by molar-refractivity contribution is -0.113. The summed E-state index contributed by atoms with van der Waals surface area (Å²) in [7, 11) is 3.05. The Morgan fingerprint density at radius 1 is 1.14 bits per heavy atom. The fourth-order valence-electron chi connectivity index (χ4n) is 2.97. The lowest BCUT2D eigenvalue weighted by Crippen LogP contribution is -2.30. The number of nitrogens with one attached hydrogen (secondary N) is 1. The first kappa shape index (κ1) is 20.2. The Kier molecular flexibility index (Phi) is 5.91. The summed E-state index contributed by atoms with van der Waals surface area (Å²) in [5.41, 5.74) is 2.98. The highest BCUT2D eigenvalue weighted by Crippen LogP contribution is 2.37. The van der Waals surface area contributed by atoms with E-state index >= 15 is 0 Å². The van der Waals surface area contributed by atoms with Crippen molar-refractivity contribution in [1.82, 2.24) is 5.32 Å². The van der Waals surface area contributed by atoms with Gasteiger partial charge < -0.3 is 14.8 Å². The molecule has 1 aliphatic rings. The van der Waals surface area contributed by atoms with Gasteiger partial charge >= 0.3 is 0 Å². The number of carbonyl (C=O) groups is 1. The van der Waals surface area contributed by atoms with E-state index in [9.17, 15) is 4.79 Å². The number of carbonyl (C=O) groups excluding carboxylic acids is 1. The molecule has 1 N–H and O–H groups in total. The standard InChI is InChI=1S/C21H21ClN2O3S/c1-12(2)14-5-7-15(8-6-14)24-20(25)17(23-21(24)28)10-13-9-16(22)19(27-4)18(11-13)26-3/h5-12H,1-4H3,(H,23,28)/b17-10-. The molecule has 7 heteroatoms. The summed E-state index contributed by atoms with van der Waals surface area (Å²) in [4.78, 5) is 14.4. The molecule has 1 heterocycles. The summed E-state index contributed by atoms with van der Waals surface area (Å²) in [6.45, 7) is 4.24. The normalized spacial score (nSPS) is 15.4. The minimum absolute atomic E-state index is 0.229. The van der Waals surface area contributed by atoms with Crippen LogP contribution in [-0.4, -0.2) is 25.2 Å². The molecule has 5 nitrogen and oxygen atoms in total. The molecule has 28 heavy (non-hydrogen) atoms. The number of anilines is 1. The Morgan fingerprint density at radius 2 is 1.82 bits per heavy atom. The molecule has 1 fully saturated rings. The second kappa shape index (κ2) is 8.20. The van der Waals surface area contributed by atoms with E-state index in [0.717, 1.165) is 5.69 Å². The largest absolute Gasteiger partial charge is 0.493 e. The van der Waals surface area contributed by atoms with Crippen molar-refractivity contribution in [1.29, 1.82) is 0 Å². The van der Waals surface area contributed by atoms with Gasteiger partial charge in [0.05, 0.1) is 24.9 Å². The van der Waals surface area contributed by atoms with Crippen LogP contribution in [0.3, 0.4) is 0 Å². The van der Waals surface area contributed by atoms with Gasteiger partial charge in [-0.2, -0.15) is 0 Å². The van der Waals surface area contributed by atoms with Crippen LogP contribution in [0.2, 0.25) is 5.02 Å². The Balaban J connectivity index is 1.92. The SMILES string of the molecule is COc1cc(/C=C2\NC(=S)N(c3ccc(C(C)C)cc3)C2=O)cc(Cl)c1OC. The maximum atomic E-state index is 12.9. The molecule has 0 saturated carbocycles. The lowest BCUT2D eigenvalue weighted by atomic mass is 10.0. The second-order valence-corrected chi connectivity index (χ2v) is 7.41. The number of methoxy groups -OCH3 is 2. The number of amides is 1. The van der Waals surface area contributed by atoms with Crippen molar-refractivity contribution >= 4 is 46.6 Å². The van der Waals surface area contributed by atoms with Crippen LogP contribution >= 0.6 is 23.8 Å². The number of ether oxygens (including phenoxy) is 2. The van der Waals surface area contributed by atoms with Crippen molar-refractivity contribution in [2.24, 2.45) is 0 Å². The third-order valence-corrected chi connectivity index (χ3v) is 5.03. The van der Waals surface area contributed by atoms with Gasteiger partial charge in [0.2, 0.25) is 0 Å². The minimum atomic E-state index is -0.229. The van der Waals surface area contributed by atoms with Crippen LogP contribution in [0, 0.1) is 0 Å². The van der Waals surface area contributed by atoms with E-state index in [4.69, 9.17) is 33.3 Å². The van der Waals surface area contributed by atoms with Crippen LogP contribution in [0.25, 0.3) is 6.08 Å². The first-order valence-electron chi connectivity index (χ1n) is 8.74. The summed E-state index contributed by atoms with van der Waals surface area (Å²) in [6, 6.07) is 11.3. The summed E-state index contributed by atoms with van der Waals surface area (Å²) in [5, 5.41) is 3.70. The van der Waals surface area contributed by atoms with Gasteiger partial charge in [-0.25, -0.2) is 0 Å². The Labute approximate surface area is 174 Å². The Morgan fingerprint density at radius 3 is 2.39 bits per heavy atom. The highest BCUT2D eigenvalue weighted by Gasteiger charge is 2.32. The van der Waals surface area contributed by atoms with Crippen LogP contribution in [-0.2, 0) is 4.79 Å². The molecule has 3 rings (SSSR count). The molecule has 0 radical (unpaired) electrons. The average molecular weight is 417 g/mol. The van der Waals surface area contributed by atoms with E-state index in [0.29, 0.717) is 38.8 Å². The second-order valence-electron chi connectivity index (χ2n) is 6.61.